The number of aliphatic hydroxyl groups excluding tert-OH is 1. The number of ether oxygens (including phenoxy) is 1. The molecule has 4 nitrogen and oxygen atoms in total. The Balaban J connectivity index is 1.55. The van der Waals surface area contributed by atoms with E-state index in [9.17, 15) is 9.90 Å². The maximum atomic E-state index is 13.7. The molecule has 4 heteroatoms. The van der Waals surface area contributed by atoms with Gasteiger partial charge in [-0.1, -0.05) is 37.5 Å². The number of para-hydroxylation sites is 1. The highest BCUT2D eigenvalue weighted by molar-refractivity contribution is 6.01. The number of hydrogen-bond donors (Lipinski definition) is 1. The molecule has 0 aromatic heterocycles. The Bertz CT molecular complexity index is 772. The van der Waals surface area contributed by atoms with E-state index in [4.69, 9.17) is 4.74 Å². The standard InChI is InChI=1S/C22H27NO3/c1-12-7-5-6-10-16(12)23-21(25)17-14-11-15-18(17)22(23,26-20(15)19(14)24)13-8-3-2-4-9-13/h5-7,10,13-15,17-20,24H,2-4,8-9,11H2,1H3. The Labute approximate surface area is 154 Å². The van der Waals surface area contributed by atoms with Gasteiger partial charge in [-0.25, -0.2) is 0 Å². The van der Waals surface area contributed by atoms with Crippen LogP contribution in [0.15, 0.2) is 24.3 Å². The lowest BCUT2D eigenvalue weighted by atomic mass is 9.70. The first-order chi connectivity index (χ1) is 12.6. The molecule has 7 unspecified atom stereocenters. The van der Waals surface area contributed by atoms with Crippen molar-refractivity contribution in [1.82, 2.24) is 0 Å². The second-order valence-corrected chi connectivity index (χ2v) is 9.23. The minimum atomic E-state index is -0.518. The average Bonchev–Trinajstić information content (AvgIpc) is 3.33. The van der Waals surface area contributed by atoms with Gasteiger partial charge in [0.2, 0.25) is 5.91 Å². The number of carbonyl (C=O) groups excluding carboxylic acids is 1. The number of aryl methyl sites for hydroxylation is 1. The van der Waals surface area contributed by atoms with Crippen LogP contribution in [0, 0.1) is 36.5 Å². The van der Waals surface area contributed by atoms with E-state index in [1.165, 1.54) is 19.3 Å². The van der Waals surface area contributed by atoms with Gasteiger partial charge in [0.05, 0.1) is 18.1 Å². The SMILES string of the molecule is Cc1ccccc1N1C(=O)C2C3CC4C(OC1(C1CCCCC1)C42)C3O. The highest BCUT2D eigenvalue weighted by atomic mass is 16.6. The van der Waals surface area contributed by atoms with Gasteiger partial charge >= 0.3 is 0 Å². The second-order valence-electron chi connectivity index (χ2n) is 9.23. The molecule has 1 amide bonds. The number of carbonyl (C=O) groups is 1. The van der Waals surface area contributed by atoms with Crippen LogP contribution in [0.4, 0.5) is 5.69 Å². The van der Waals surface area contributed by atoms with Crippen molar-refractivity contribution in [3.63, 3.8) is 0 Å². The molecule has 3 aliphatic carbocycles. The maximum Gasteiger partial charge on any atom is 0.233 e. The summed E-state index contributed by atoms with van der Waals surface area (Å²) < 4.78 is 6.82. The zero-order chi connectivity index (χ0) is 17.6. The van der Waals surface area contributed by atoms with E-state index >= 15 is 0 Å². The minimum absolute atomic E-state index is 0.0460. The van der Waals surface area contributed by atoms with Gasteiger partial charge in [-0.15, -0.1) is 0 Å². The topological polar surface area (TPSA) is 49.8 Å². The van der Waals surface area contributed by atoms with Crippen molar-refractivity contribution in [2.24, 2.45) is 29.6 Å². The molecule has 26 heavy (non-hydrogen) atoms. The monoisotopic (exact) mass is 353 g/mol. The largest absolute Gasteiger partial charge is 0.390 e. The molecule has 1 N–H and O–H groups in total. The summed E-state index contributed by atoms with van der Waals surface area (Å²) in [7, 11) is 0. The van der Waals surface area contributed by atoms with Crippen LogP contribution >= 0.6 is 0 Å². The molecule has 0 radical (unpaired) electrons. The first kappa shape index (κ1) is 15.6. The number of amides is 1. The molecule has 5 aliphatic rings. The summed E-state index contributed by atoms with van der Waals surface area (Å²) in [6, 6.07) is 8.23. The lowest BCUT2D eigenvalue weighted by Gasteiger charge is -2.46. The molecule has 1 aromatic carbocycles. The fourth-order valence-electron chi connectivity index (χ4n) is 7.39. The lowest BCUT2D eigenvalue weighted by Crippen LogP contribution is -2.56. The highest BCUT2D eigenvalue weighted by Crippen LogP contribution is 2.70. The Morgan fingerprint density at radius 2 is 1.92 bits per heavy atom. The van der Waals surface area contributed by atoms with Crippen LogP contribution in [-0.4, -0.2) is 28.9 Å². The summed E-state index contributed by atoms with van der Waals surface area (Å²) in [5, 5.41) is 10.8. The van der Waals surface area contributed by atoms with E-state index in [1.807, 2.05) is 12.1 Å². The summed E-state index contributed by atoms with van der Waals surface area (Å²) in [5.74, 6) is 1.29. The predicted molar refractivity (Wildman–Crippen MR) is 97.4 cm³/mol. The van der Waals surface area contributed by atoms with Crippen LogP contribution in [0.2, 0.25) is 0 Å². The molecular formula is C22H27NO3. The van der Waals surface area contributed by atoms with Crippen molar-refractivity contribution >= 4 is 11.6 Å². The molecule has 7 atom stereocenters. The Hall–Kier alpha value is -1.39. The summed E-state index contributed by atoms with van der Waals surface area (Å²) in [5.41, 5.74) is 1.64. The fraction of sp³-hybridized carbons (Fsp3) is 0.682. The van der Waals surface area contributed by atoms with Gasteiger partial charge in [0.25, 0.3) is 0 Å². The Morgan fingerprint density at radius 1 is 1.15 bits per heavy atom. The number of fused-ring (bicyclic) bond motifs is 2. The average molecular weight is 353 g/mol. The Kier molecular flexibility index (Phi) is 3.07. The number of aliphatic hydroxyl groups is 1. The van der Waals surface area contributed by atoms with E-state index in [-0.39, 0.29) is 29.8 Å². The van der Waals surface area contributed by atoms with E-state index in [1.54, 1.807) is 0 Å². The summed E-state index contributed by atoms with van der Waals surface area (Å²) in [6.45, 7) is 2.09. The molecule has 3 saturated carbocycles. The van der Waals surface area contributed by atoms with E-state index in [2.05, 4.69) is 24.0 Å². The number of rotatable bonds is 2. The van der Waals surface area contributed by atoms with Gasteiger partial charge in [-0.05, 0) is 49.7 Å². The van der Waals surface area contributed by atoms with Crippen molar-refractivity contribution < 1.29 is 14.6 Å². The molecular weight excluding hydrogens is 326 g/mol. The third-order valence-electron chi connectivity index (χ3n) is 8.25. The molecule has 6 rings (SSSR count). The van der Waals surface area contributed by atoms with E-state index in [0.29, 0.717) is 11.8 Å². The minimum Gasteiger partial charge on any atom is -0.390 e. The first-order valence-corrected chi connectivity index (χ1v) is 10.4. The zero-order valence-corrected chi connectivity index (χ0v) is 15.3. The van der Waals surface area contributed by atoms with Gasteiger partial charge in [-0.2, -0.15) is 0 Å². The normalized spacial score (nSPS) is 46.5. The van der Waals surface area contributed by atoms with Gasteiger partial charge in [0, 0.05) is 17.5 Å². The molecule has 2 saturated heterocycles. The van der Waals surface area contributed by atoms with Crippen LogP contribution in [-0.2, 0) is 9.53 Å². The number of hydrogen-bond acceptors (Lipinski definition) is 3. The van der Waals surface area contributed by atoms with Gasteiger partial charge < -0.3 is 9.84 Å². The Morgan fingerprint density at radius 3 is 2.69 bits per heavy atom. The number of nitrogens with zero attached hydrogens (tertiary/aromatic N) is 1. The fourth-order valence-corrected chi connectivity index (χ4v) is 7.39. The number of anilines is 1. The van der Waals surface area contributed by atoms with Gasteiger partial charge in [-0.3, -0.25) is 9.69 Å². The van der Waals surface area contributed by atoms with Gasteiger partial charge in [0.1, 0.15) is 0 Å². The van der Waals surface area contributed by atoms with Crippen LogP contribution in [0.3, 0.4) is 0 Å². The molecule has 0 spiro atoms. The summed E-state index contributed by atoms with van der Waals surface area (Å²) in [4.78, 5) is 15.8. The van der Waals surface area contributed by atoms with Crippen molar-refractivity contribution in [2.75, 3.05) is 4.90 Å². The molecule has 2 aliphatic heterocycles. The van der Waals surface area contributed by atoms with Crippen molar-refractivity contribution in [3.8, 4) is 0 Å². The number of benzene rings is 1. The highest BCUT2D eigenvalue weighted by Gasteiger charge is 2.79. The smallest absolute Gasteiger partial charge is 0.233 e. The van der Waals surface area contributed by atoms with E-state index < -0.39 is 11.8 Å². The quantitative estimate of drug-likeness (QED) is 0.888. The first-order valence-electron chi connectivity index (χ1n) is 10.4. The third-order valence-corrected chi connectivity index (χ3v) is 8.25. The van der Waals surface area contributed by atoms with Crippen molar-refractivity contribution in [3.05, 3.63) is 29.8 Å². The molecule has 5 fully saturated rings. The van der Waals surface area contributed by atoms with Crippen molar-refractivity contribution in [1.29, 1.82) is 0 Å². The second kappa shape index (κ2) is 5.11. The van der Waals surface area contributed by atoms with Crippen LogP contribution < -0.4 is 4.90 Å². The maximum absolute atomic E-state index is 13.7. The van der Waals surface area contributed by atoms with Gasteiger partial charge in [0.15, 0.2) is 5.72 Å². The molecule has 2 heterocycles. The van der Waals surface area contributed by atoms with Crippen LogP contribution in [0.5, 0.6) is 0 Å². The van der Waals surface area contributed by atoms with Crippen LogP contribution in [0.25, 0.3) is 0 Å². The molecule has 138 valence electrons. The lowest BCUT2D eigenvalue weighted by molar-refractivity contribution is -0.140. The molecule has 1 aromatic rings. The zero-order valence-electron chi connectivity index (χ0n) is 15.3. The van der Waals surface area contributed by atoms with E-state index in [0.717, 1.165) is 30.5 Å². The molecule has 2 bridgehead atoms. The summed E-state index contributed by atoms with van der Waals surface area (Å²) >= 11 is 0. The third kappa shape index (κ3) is 1.62. The van der Waals surface area contributed by atoms with Crippen LogP contribution in [0.1, 0.15) is 44.1 Å². The van der Waals surface area contributed by atoms with Crippen molar-refractivity contribution in [2.45, 2.75) is 63.4 Å². The predicted octanol–water partition coefficient (Wildman–Crippen LogP) is 3.26. The summed E-state index contributed by atoms with van der Waals surface area (Å²) in [6.07, 6.45) is 6.48.